The molecule has 0 radical (unpaired) electrons. The van der Waals surface area contributed by atoms with Crippen molar-refractivity contribution in [2.24, 2.45) is 5.41 Å². The Hall–Kier alpha value is 0.0900. The molecule has 6 heteroatoms. The van der Waals surface area contributed by atoms with Crippen LogP contribution in [-0.2, 0) is 0 Å². The lowest BCUT2D eigenvalue weighted by atomic mass is 9.90. The van der Waals surface area contributed by atoms with Gasteiger partial charge in [0.05, 0.1) is 8.66 Å². The van der Waals surface area contributed by atoms with E-state index in [1.807, 2.05) is 13.8 Å². The van der Waals surface area contributed by atoms with Crippen LogP contribution in [-0.4, -0.2) is 24.2 Å². The zero-order valence-corrected chi connectivity index (χ0v) is 13.7. The highest BCUT2D eigenvalue weighted by atomic mass is 79.9. The minimum Gasteiger partial charge on any atom is -0.396 e. The van der Waals surface area contributed by atoms with Gasteiger partial charge in [-0.2, -0.15) is 0 Å². The first-order chi connectivity index (χ1) is 7.85. The lowest BCUT2D eigenvalue weighted by Crippen LogP contribution is -2.34. The lowest BCUT2D eigenvalue weighted by molar-refractivity contribution is 0.0932. The fraction of sp³-hybridized carbons (Fsp3) is 0.545. The van der Waals surface area contributed by atoms with Crippen molar-refractivity contribution < 1.29 is 9.90 Å². The van der Waals surface area contributed by atoms with Gasteiger partial charge in [0.15, 0.2) is 0 Å². The molecule has 0 spiro atoms. The molecule has 0 bridgehead atoms. The van der Waals surface area contributed by atoms with E-state index in [4.69, 9.17) is 5.11 Å². The van der Waals surface area contributed by atoms with Gasteiger partial charge in [-0.25, -0.2) is 0 Å². The first-order valence-electron chi connectivity index (χ1n) is 5.19. The number of carbonyl (C=O) groups excluding carboxylic acids is 1. The predicted octanol–water partition coefficient (Wildman–Crippen LogP) is 3.41. The zero-order chi connectivity index (χ0) is 13.1. The standard InChI is InChI=1S/C11H15Br2NO2S/c1-11(2,3-4-15)6-14-10(16)8-5-7(12)9(13)17-8/h5,15H,3-4,6H2,1-2H3,(H,14,16). The average Bonchev–Trinajstić information content (AvgIpc) is 2.56. The van der Waals surface area contributed by atoms with E-state index < -0.39 is 0 Å². The quantitative estimate of drug-likeness (QED) is 0.817. The monoisotopic (exact) mass is 383 g/mol. The summed E-state index contributed by atoms with van der Waals surface area (Å²) in [4.78, 5) is 12.5. The first kappa shape index (κ1) is 15.1. The molecule has 1 heterocycles. The van der Waals surface area contributed by atoms with Gasteiger partial charge in [0.2, 0.25) is 0 Å². The summed E-state index contributed by atoms with van der Waals surface area (Å²) >= 11 is 8.10. The van der Waals surface area contributed by atoms with Gasteiger partial charge in [-0.15, -0.1) is 11.3 Å². The zero-order valence-electron chi connectivity index (χ0n) is 9.72. The van der Waals surface area contributed by atoms with E-state index in [2.05, 4.69) is 37.2 Å². The maximum Gasteiger partial charge on any atom is 0.261 e. The average molecular weight is 385 g/mol. The molecule has 96 valence electrons. The molecule has 1 aromatic heterocycles. The Labute approximate surface area is 122 Å². The first-order valence-corrected chi connectivity index (χ1v) is 7.60. The highest BCUT2D eigenvalue weighted by Gasteiger charge is 2.19. The highest BCUT2D eigenvalue weighted by molar-refractivity contribution is 9.13. The van der Waals surface area contributed by atoms with Gasteiger partial charge in [0, 0.05) is 17.6 Å². The van der Waals surface area contributed by atoms with Crippen molar-refractivity contribution in [1.29, 1.82) is 0 Å². The Balaban J connectivity index is 2.56. The molecule has 0 fully saturated rings. The molecule has 1 amide bonds. The van der Waals surface area contributed by atoms with Gasteiger partial charge < -0.3 is 10.4 Å². The second-order valence-corrected chi connectivity index (χ2v) is 7.78. The fourth-order valence-electron chi connectivity index (χ4n) is 1.26. The fourth-order valence-corrected chi connectivity index (χ4v) is 3.21. The summed E-state index contributed by atoms with van der Waals surface area (Å²) in [5.41, 5.74) is -0.0872. The van der Waals surface area contributed by atoms with E-state index in [9.17, 15) is 4.79 Å². The summed E-state index contributed by atoms with van der Waals surface area (Å²) in [7, 11) is 0. The van der Waals surface area contributed by atoms with Crippen LogP contribution in [0.15, 0.2) is 14.3 Å². The second kappa shape index (κ2) is 6.31. The van der Waals surface area contributed by atoms with Crippen molar-refractivity contribution in [2.45, 2.75) is 20.3 Å². The van der Waals surface area contributed by atoms with E-state index in [0.717, 1.165) is 8.26 Å². The molecule has 0 aliphatic heterocycles. The highest BCUT2D eigenvalue weighted by Crippen LogP contribution is 2.32. The van der Waals surface area contributed by atoms with Gasteiger partial charge in [-0.1, -0.05) is 13.8 Å². The second-order valence-electron chi connectivity index (χ2n) is 4.55. The summed E-state index contributed by atoms with van der Waals surface area (Å²) < 4.78 is 1.81. The van der Waals surface area contributed by atoms with Crippen LogP contribution in [0.1, 0.15) is 29.9 Å². The third kappa shape index (κ3) is 4.69. The van der Waals surface area contributed by atoms with Crippen LogP contribution >= 0.6 is 43.2 Å². The summed E-state index contributed by atoms with van der Waals surface area (Å²) in [5.74, 6) is -0.0765. The van der Waals surface area contributed by atoms with E-state index in [1.165, 1.54) is 11.3 Å². The van der Waals surface area contributed by atoms with Gasteiger partial charge in [-0.05, 0) is 49.8 Å². The molecule has 0 unspecified atom stereocenters. The predicted molar refractivity (Wildman–Crippen MR) is 77.5 cm³/mol. The number of rotatable bonds is 5. The van der Waals surface area contributed by atoms with Gasteiger partial charge in [0.1, 0.15) is 0 Å². The largest absolute Gasteiger partial charge is 0.396 e. The number of aliphatic hydroxyl groups excluding tert-OH is 1. The van der Waals surface area contributed by atoms with Crippen molar-refractivity contribution in [3.63, 3.8) is 0 Å². The van der Waals surface area contributed by atoms with Crippen molar-refractivity contribution in [1.82, 2.24) is 5.32 Å². The Morgan fingerprint density at radius 1 is 1.53 bits per heavy atom. The molecule has 0 saturated carbocycles. The topological polar surface area (TPSA) is 49.3 Å². The lowest BCUT2D eigenvalue weighted by Gasteiger charge is -2.23. The van der Waals surface area contributed by atoms with Crippen molar-refractivity contribution >= 4 is 49.1 Å². The Bertz CT molecular complexity index is 385. The number of carbonyl (C=O) groups is 1. The van der Waals surface area contributed by atoms with Crippen molar-refractivity contribution in [3.8, 4) is 0 Å². The molecule has 0 saturated heterocycles. The third-order valence-corrected chi connectivity index (χ3v) is 5.64. The van der Waals surface area contributed by atoms with Crippen LogP contribution in [0.25, 0.3) is 0 Å². The van der Waals surface area contributed by atoms with Gasteiger partial charge in [0.25, 0.3) is 5.91 Å². The molecule has 1 rings (SSSR count). The smallest absolute Gasteiger partial charge is 0.261 e. The van der Waals surface area contributed by atoms with Crippen LogP contribution < -0.4 is 5.32 Å². The van der Waals surface area contributed by atoms with E-state index in [0.29, 0.717) is 17.8 Å². The maximum absolute atomic E-state index is 11.9. The minimum absolute atomic E-state index is 0.0765. The van der Waals surface area contributed by atoms with E-state index >= 15 is 0 Å². The number of amides is 1. The summed E-state index contributed by atoms with van der Waals surface area (Å²) in [6.45, 7) is 4.73. The van der Waals surface area contributed by atoms with Crippen LogP contribution in [0.4, 0.5) is 0 Å². The van der Waals surface area contributed by atoms with Gasteiger partial charge >= 0.3 is 0 Å². The molecule has 3 nitrogen and oxygen atoms in total. The molecular weight excluding hydrogens is 370 g/mol. The molecular formula is C11H15Br2NO2S. The maximum atomic E-state index is 11.9. The van der Waals surface area contributed by atoms with Crippen molar-refractivity contribution in [2.75, 3.05) is 13.2 Å². The summed E-state index contributed by atoms with van der Waals surface area (Å²) in [5, 5.41) is 11.8. The molecule has 0 aliphatic carbocycles. The number of thiophene rings is 1. The van der Waals surface area contributed by atoms with Crippen molar-refractivity contribution in [3.05, 3.63) is 19.2 Å². The molecule has 1 aromatic rings. The Morgan fingerprint density at radius 3 is 2.65 bits per heavy atom. The van der Waals surface area contributed by atoms with Crippen LogP contribution in [0.5, 0.6) is 0 Å². The Kier molecular flexibility index (Phi) is 5.63. The van der Waals surface area contributed by atoms with Crippen LogP contribution in [0, 0.1) is 5.41 Å². The molecule has 0 atom stereocenters. The normalized spacial score (nSPS) is 11.6. The number of hydrogen-bond donors (Lipinski definition) is 2. The van der Waals surface area contributed by atoms with E-state index in [-0.39, 0.29) is 17.9 Å². The molecule has 0 aromatic carbocycles. The summed E-state index contributed by atoms with van der Waals surface area (Å²) in [6, 6.07) is 1.79. The van der Waals surface area contributed by atoms with Crippen LogP contribution in [0.2, 0.25) is 0 Å². The molecule has 2 N–H and O–H groups in total. The number of halogens is 2. The van der Waals surface area contributed by atoms with Gasteiger partial charge in [-0.3, -0.25) is 4.79 Å². The Morgan fingerprint density at radius 2 is 2.18 bits per heavy atom. The van der Waals surface area contributed by atoms with Crippen LogP contribution in [0.3, 0.4) is 0 Å². The number of nitrogens with one attached hydrogen (secondary N) is 1. The minimum atomic E-state index is -0.0872. The molecule has 17 heavy (non-hydrogen) atoms. The van der Waals surface area contributed by atoms with E-state index in [1.54, 1.807) is 6.07 Å². The summed E-state index contributed by atoms with van der Waals surface area (Å²) in [6.07, 6.45) is 0.672. The third-order valence-electron chi connectivity index (χ3n) is 2.39. The SMILES string of the molecule is CC(C)(CCO)CNC(=O)c1cc(Br)c(Br)s1. The number of aliphatic hydroxyl groups is 1. The molecule has 0 aliphatic rings. The number of hydrogen-bond acceptors (Lipinski definition) is 3.